The van der Waals surface area contributed by atoms with Gasteiger partial charge in [0.05, 0.1) is 23.7 Å². The molecule has 2 aromatic rings. The Balaban J connectivity index is 2.04. The van der Waals surface area contributed by atoms with E-state index in [0.29, 0.717) is 35.8 Å². The first-order chi connectivity index (χ1) is 13.6. The molecule has 0 aliphatic carbocycles. The minimum Gasteiger partial charge on any atom is -0.492 e. The molecule has 0 amide bonds. The monoisotopic (exact) mass is 458 g/mol. The lowest BCUT2D eigenvalue weighted by Gasteiger charge is -2.28. The first-order valence-corrected chi connectivity index (χ1v) is 12.7. The fourth-order valence-electron chi connectivity index (χ4n) is 3.08. The van der Waals surface area contributed by atoms with Crippen LogP contribution in [0.5, 0.6) is 5.75 Å². The number of hydrogen-bond donors (Lipinski definition) is 1. The van der Waals surface area contributed by atoms with Gasteiger partial charge in [0.25, 0.3) is 10.0 Å². The summed E-state index contributed by atoms with van der Waals surface area (Å²) in [5.74, 6) is 0.193. The molecule has 0 aromatic heterocycles. The Morgan fingerprint density at radius 3 is 2.59 bits per heavy atom. The summed E-state index contributed by atoms with van der Waals surface area (Å²) >= 11 is 6.09. The molecule has 29 heavy (non-hydrogen) atoms. The van der Waals surface area contributed by atoms with Crippen molar-refractivity contribution in [3.8, 4) is 5.75 Å². The van der Waals surface area contributed by atoms with Crippen molar-refractivity contribution in [3.05, 3.63) is 47.0 Å². The summed E-state index contributed by atoms with van der Waals surface area (Å²) in [4.78, 5) is -0.130. The maximum absolute atomic E-state index is 13.1. The van der Waals surface area contributed by atoms with E-state index in [4.69, 9.17) is 16.3 Å². The van der Waals surface area contributed by atoms with Crippen molar-refractivity contribution in [1.29, 1.82) is 0 Å². The van der Waals surface area contributed by atoms with Crippen LogP contribution in [0, 0.1) is 6.92 Å². The second-order valence-electron chi connectivity index (χ2n) is 6.73. The summed E-state index contributed by atoms with van der Waals surface area (Å²) in [7, 11) is -7.52. The fourth-order valence-corrected chi connectivity index (χ4v) is 6.11. The lowest BCUT2D eigenvalue weighted by Crippen LogP contribution is -2.37. The molecule has 1 fully saturated rings. The third-order valence-electron chi connectivity index (χ3n) is 4.58. The summed E-state index contributed by atoms with van der Waals surface area (Å²) in [5.41, 5.74) is 1.43. The van der Waals surface area contributed by atoms with Crippen molar-refractivity contribution in [2.24, 2.45) is 0 Å². The Morgan fingerprint density at radius 1 is 1.17 bits per heavy atom. The standard InChI is InChI=1S/C19H23ClN2O5S2/c1-3-27-18-9-8-16(22-10-4-5-11-28(22,23)24)13-19(18)29(25,26)21-15-7-6-14(2)17(20)12-15/h6-9,12-13,21H,3-5,10-11H2,1-2H3. The molecule has 3 rings (SSSR count). The Morgan fingerprint density at radius 2 is 1.93 bits per heavy atom. The predicted molar refractivity (Wildman–Crippen MR) is 115 cm³/mol. The molecule has 0 saturated carbocycles. The van der Waals surface area contributed by atoms with Gasteiger partial charge in [0.2, 0.25) is 10.0 Å². The minimum atomic E-state index is -4.05. The molecule has 0 unspecified atom stereocenters. The van der Waals surface area contributed by atoms with E-state index in [0.717, 1.165) is 5.56 Å². The van der Waals surface area contributed by atoms with Crippen LogP contribution >= 0.6 is 11.6 Å². The van der Waals surface area contributed by atoms with Crippen molar-refractivity contribution in [2.45, 2.75) is 31.6 Å². The molecule has 10 heteroatoms. The topological polar surface area (TPSA) is 92.8 Å². The first kappa shape index (κ1) is 21.7. The Hall–Kier alpha value is -1.97. The van der Waals surface area contributed by atoms with E-state index in [1.165, 1.54) is 22.5 Å². The van der Waals surface area contributed by atoms with Crippen LogP contribution < -0.4 is 13.8 Å². The van der Waals surface area contributed by atoms with Gasteiger partial charge in [-0.25, -0.2) is 16.8 Å². The van der Waals surface area contributed by atoms with E-state index < -0.39 is 20.0 Å². The number of rotatable bonds is 6. The van der Waals surface area contributed by atoms with E-state index in [2.05, 4.69) is 4.72 Å². The maximum Gasteiger partial charge on any atom is 0.265 e. The van der Waals surface area contributed by atoms with Crippen molar-refractivity contribution in [1.82, 2.24) is 0 Å². The van der Waals surface area contributed by atoms with Crippen LogP contribution in [-0.4, -0.2) is 35.7 Å². The van der Waals surface area contributed by atoms with Crippen molar-refractivity contribution >= 4 is 43.0 Å². The third-order valence-corrected chi connectivity index (χ3v) is 8.26. The van der Waals surface area contributed by atoms with Gasteiger partial charge in [-0.05, 0) is 62.6 Å². The van der Waals surface area contributed by atoms with Crippen LogP contribution in [0.4, 0.5) is 11.4 Å². The molecule has 7 nitrogen and oxygen atoms in total. The van der Waals surface area contributed by atoms with Crippen LogP contribution in [0.1, 0.15) is 25.3 Å². The molecule has 158 valence electrons. The number of anilines is 2. The smallest absolute Gasteiger partial charge is 0.265 e. The van der Waals surface area contributed by atoms with Gasteiger partial charge in [-0.15, -0.1) is 0 Å². The number of nitrogens with zero attached hydrogens (tertiary/aromatic N) is 1. The van der Waals surface area contributed by atoms with Crippen LogP contribution in [0.3, 0.4) is 0 Å². The number of hydrogen-bond acceptors (Lipinski definition) is 5. The molecule has 0 radical (unpaired) electrons. The van der Waals surface area contributed by atoms with Crippen LogP contribution in [0.15, 0.2) is 41.3 Å². The van der Waals surface area contributed by atoms with Crippen LogP contribution in [0.2, 0.25) is 5.02 Å². The maximum atomic E-state index is 13.1. The third kappa shape index (κ3) is 4.79. The van der Waals surface area contributed by atoms with Gasteiger partial charge >= 0.3 is 0 Å². The first-order valence-electron chi connectivity index (χ1n) is 9.20. The largest absolute Gasteiger partial charge is 0.492 e. The molecule has 1 aliphatic rings. The molecule has 1 saturated heterocycles. The van der Waals surface area contributed by atoms with Gasteiger partial charge in [0, 0.05) is 11.6 Å². The second kappa shape index (κ2) is 8.41. The van der Waals surface area contributed by atoms with Crippen molar-refractivity contribution in [3.63, 3.8) is 0 Å². The molecule has 0 bridgehead atoms. The molecule has 0 atom stereocenters. The number of sulfonamides is 2. The Bertz CT molecular complexity index is 1120. The number of benzene rings is 2. The summed E-state index contributed by atoms with van der Waals surface area (Å²) < 4.78 is 60.3. The highest BCUT2D eigenvalue weighted by atomic mass is 35.5. The van der Waals surface area contributed by atoms with E-state index >= 15 is 0 Å². The average molecular weight is 459 g/mol. The highest BCUT2D eigenvalue weighted by Crippen LogP contribution is 2.33. The number of nitrogens with one attached hydrogen (secondary N) is 1. The molecule has 1 aliphatic heterocycles. The molecule has 1 N–H and O–H groups in total. The van der Waals surface area contributed by atoms with E-state index in [9.17, 15) is 16.8 Å². The fraction of sp³-hybridized carbons (Fsp3) is 0.368. The molecule has 0 spiro atoms. The normalized spacial score (nSPS) is 16.4. The van der Waals surface area contributed by atoms with Gasteiger partial charge in [0.1, 0.15) is 10.6 Å². The van der Waals surface area contributed by atoms with Gasteiger partial charge in [-0.2, -0.15) is 0 Å². The van der Waals surface area contributed by atoms with Crippen LogP contribution in [0.25, 0.3) is 0 Å². The second-order valence-corrected chi connectivity index (χ2v) is 10.8. The van der Waals surface area contributed by atoms with E-state index in [1.54, 1.807) is 25.1 Å². The predicted octanol–water partition coefficient (Wildman–Crippen LogP) is 3.78. The zero-order valence-corrected chi connectivity index (χ0v) is 18.6. The lowest BCUT2D eigenvalue weighted by atomic mass is 10.2. The van der Waals surface area contributed by atoms with Gasteiger partial charge in [0.15, 0.2) is 0 Å². The average Bonchev–Trinajstić information content (AvgIpc) is 2.65. The lowest BCUT2D eigenvalue weighted by molar-refractivity contribution is 0.331. The zero-order chi connectivity index (χ0) is 21.2. The van der Waals surface area contributed by atoms with Gasteiger partial charge in [-0.3, -0.25) is 9.03 Å². The number of halogens is 1. The Kier molecular flexibility index (Phi) is 6.30. The quantitative estimate of drug-likeness (QED) is 0.711. The zero-order valence-electron chi connectivity index (χ0n) is 16.2. The number of aryl methyl sites for hydroxylation is 1. The summed E-state index contributed by atoms with van der Waals surface area (Å²) in [6.45, 7) is 4.14. The van der Waals surface area contributed by atoms with Gasteiger partial charge in [-0.1, -0.05) is 17.7 Å². The van der Waals surface area contributed by atoms with Crippen molar-refractivity contribution < 1.29 is 21.6 Å². The molecule has 1 heterocycles. The SMILES string of the molecule is CCOc1ccc(N2CCCCS2(=O)=O)cc1S(=O)(=O)Nc1ccc(C)c(Cl)c1. The van der Waals surface area contributed by atoms with E-state index in [1.807, 2.05) is 6.92 Å². The highest BCUT2D eigenvalue weighted by molar-refractivity contribution is 7.93. The molecular weight excluding hydrogens is 436 g/mol. The minimum absolute atomic E-state index is 0.0441. The molecular formula is C19H23ClN2O5S2. The summed E-state index contributed by atoms with van der Waals surface area (Å²) in [5, 5.41) is 0.434. The van der Waals surface area contributed by atoms with E-state index in [-0.39, 0.29) is 23.0 Å². The highest BCUT2D eigenvalue weighted by Gasteiger charge is 2.29. The Labute approximate surface area is 176 Å². The molecule has 2 aromatic carbocycles. The van der Waals surface area contributed by atoms with Crippen LogP contribution in [-0.2, 0) is 20.0 Å². The van der Waals surface area contributed by atoms with Crippen molar-refractivity contribution in [2.75, 3.05) is 27.9 Å². The van der Waals surface area contributed by atoms with Gasteiger partial charge < -0.3 is 4.74 Å². The summed E-state index contributed by atoms with van der Waals surface area (Å²) in [6, 6.07) is 9.23. The number of ether oxygens (including phenoxy) is 1. The summed E-state index contributed by atoms with van der Waals surface area (Å²) in [6.07, 6.45) is 1.31.